The molecule has 0 spiro atoms. The summed E-state index contributed by atoms with van der Waals surface area (Å²) in [5.74, 6) is 1.05. The van der Waals surface area contributed by atoms with Gasteiger partial charge in [-0.15, -0.1) is 0 Å². The van der Waals surface area contributed by atoms with E-state index in [1.54, 1.807) is 30.5 Å². The second kappa shape index (κ2) is 8.75. The highest BCUT2D eigenvalue weighted by atomic mass is 16.5. The summed E-state index contributed by atoms with van der Waals surface area (Å²) in [4.78, 5) is 20.7. The van der Waals surface area contributed by atoms with Crippen molar-refractivity contribution in [2.24, 2.45) is 0 Å². The normalized spacial score (nSPS) is 10.5. The van der Waals surface area contributed by atoms with E-state index >= 15 is 0 Å². The van der Waals surface area contributed by atoms with Crippen LogP contribution in [0.15, 0.2) is 55.2 Å². The fourth-order valence-corrected chi connectivity index (χ4v) is 2.43. The van der Waals surface area contributed by atoms with E-state index in [0.29, 0.717) is 23.7 Å². The molecule has 2 aromatic heterocycles. The summed E-state index contributed by atoms with van der Waals surface area (Å²) in [5.41, 5.74) is 1.10. The van der Waals surface area contributed by atoms with Gasteiger partial charge in [-0.1, -0.05) is 19.8 Å². The van der Waals surface area contributed by atoms with Crippen LogP contribution in [-0.2, 0) is 0 Å². The summed E-state index contributed by atoms with van der Waals surface area (Å²) < 4.78 is 7.17. The van der Waals surface area contributed by atoms with Crippen molar-refractivity contribution in [3.05, 3.63) is 60.8 Å². The van der Waals surface area contributed by atoms with Crippen molar-refractivity contribution in [3.8, 4) is 11.6 Å². The minimum Gasteiger partial charge on any atom is -0.494 e. The zero-order chi connectivity index (χ0) is 18.2. The molecule has 0 saturated carbocycles. The standard InChI is InChI=1S/C19H21N5O2/c1-2-3-4-12-26-16-9-7-15(8-10-16)19(25)23-17-6-5-11-21-18(17)24-14-20-13-22-24/h5-11,13-14H,2-4,12H2,1H3,(H,23,25). The number of carbonyl (C=O) groups excluding carboxylic acids is 1. The maximum absolute atomic E-state index is 12.5. The molecule has 1 N–H and O–H groups in total. The molecule has 3 aromatic rings. The number of ether oxygens (including phenoxy) is 1. The third kappa shape index (κ3) is 4.44. The molecule has 3 rings (SSSR count). The van der Waals surface area contributed by atoms with E-state index in [-0.39, 0.29) is 5.91 Å². The maximum atomic E-state index is 12.5. The number of nitrogens with zero attached hydrogens (tertiary/aromatic N) is 4. The SMILES string of the molecule is CCCCCOc1ccc(C(=O)Nc2cccnc2-n2cncn2)cc1. The molecule has 0 radical (unpaired) electrons. The van der Waals surface area contributed by atoms with Gasteiger partial charge in [-0.2, -0.15) is 5.10 Å². The Hall–Kier alpha value is -3.22. The lowest BCUT2D eigenvalue weighted by atomic mass is 10.2. The van der Waals surface area contributed by atoms with Crippen LogP contribution < -0.4 is 10.1 Å². The van der Waals surface area contributed by atoms with Crippen LogP contribution in [0.25, 0.3) is 5.82 Å². The van der Waals surface area contributed by atoms with Gasteiger partial charge in [-0.05, 0) is 42.8 Å². The Morgan fingerprint density at radius 2 is 2.04 bits per heavy atom. The molecular formula is C19H21N5O2. The van der Waals surface area contributed by atoms with Gasteiger partial charge in [0.1, 0.15) is 18.4 Å². The van der Waals surface area contributed by atoms with Gasteiger partial charge < -0.3 is 10.1 Å². The van der Waals surface area contributed by atoms with Crippen molar-refractivity contribution in [2.75, 3.05) is 11.9 Å². The molecule has 26 heavy (non-hydrogen) atoms. The molecule has 134 valence electrons. The predicted molar refractivity (Wildman–Crippen MR) is 98.6 cm³/mol. The van der Waals surface area contributed by atoms with Crippen LogP contribution in [0, 0.1) is 0 Å². The van der Waals surface area contributed by atoms with Crippen LogP contribution in [0.4, 0.5) is 5.69 Å². The first-order valence-corrected chi connectivity index (χ1v) is 8.62. The third-order valence-electron chi connectivity index (χ3n) is 3.80. The lowest BCUT2D eigenvalue weighted by Crippen LogP contribution is -2.14. The van der Waals surface area contributed by atoms with Crippen LogP contribution in [-0.4, -0.2) is 32.3 Å². The molecule has 0 bridgehead atoms. The van der Waals surface area contributed by atoms with Crippen molar-refractivity contribution in [1.29, 1.82) is 0 Å². The van der Waals surface area contributed by atoms with Gasteiger partial charge in [0.05, 0.1) is 12.3 Å². The molecule has 7 nitrogen and oxygen atoms in total. The molecule has 0 aliphatic heterocycles. The number of carbonyl (C=O) groups is 1. The summed E-state index contributed by atoms with van der Waals surface area (Å²) in [7, 11) is 0. The molecule has 0 fully saturated rings. The lowest BCUT2D eigenvalue weighted by Gasteiger charge is -2.10. The van der Waals surface area contributed by atoms with Gasteiger partial charge in [0, 0.05) is 11.8 Å². The zero-order valence-electron chi connectivity index (χ0n) is 14.6. The van der Waals surface area contributed by atoms with Gasteiger partial charge in [0.2, 0.25) is 0 Å². The predicted octanol–water partition coefficient (Wildman–Crippen LogP) is 3.48. The van der Waals surface area contributed by atoms with Crippen LogP contribution in [0.1, 0.15) is 36.5 Å². The Bertz CT molecular complexity index is 831. The molecule has 0 aliphatic rings. The van der Waals surface area contributed by atoms with Crippen molar-refractivity contribution in [2.45, 2.75) is 26.2 Å². The van der Waals surface area contributed by atoms with E-state index in [4.69, 9.17) is 4.74 Å². The van der Waals surface area contributed by atoms with E-state index in [2.05, 4.69) is 27.3 Å². The van der Waals surface area contributed by atoms with Gasteiger partial charge in [-0.3, -0.25) is 4.79 Å². The number of benzene rings is 1. The van der Waals surface area contributed by atoms with Gasteiger partial charge in [0.25, 0.3) is 5.91 Å². The molecule has 0 atom stereocenters. The molecule has 0 aliphatic carbocycles. The first-order chi connectivity index (χ1) is 12.8. The first kappa shape index (κ1) is 17.6. The van der Waals surface area contributed by atoms with Gasteiger partial charge >= 0.3 is 0 Å². The Morgan fingerprint density at radius 3 is 2.77 bits per heavy atom. The largest absolute Gasteiger partial charge is 0.494 e. The van der Waals surface area contributed by atoms with E-state index < -0.39 is 0 Å². The number of aromatic nitrogens is 4. The fourth-order valence-electron chi connectivity index (χ4n) is 2.43. The second-order valence-corrected chi connectivity index (χ2v) is 5.75. The highest BCUT2D eigenvalue weighted by Crippen LogP contribution is 2.18. The maximum Gasteiger partial charge on any atom is 0.255 e. The summed E-state index contributed by atoms with van der Waals surface area (Å²) in [6.45, 7) is 2.85. The number of pyridine rings is 1. The molecular weight excluding hydrogens is 330 g/mol. The quantitative estimate of drug-likeness (QED) is 0.628. The molecule has 2 heterocycles. The molecule has 0 unspecified atom stereocenters. The van der Waals surface area contributed by atoms with Crippen molar-refractivity contribution < 1.29 is 9.53 Å². The molecule has 1 amide bonds. The molecule has 7 heteroatoms. The van der Waals surface area contributed by atoms with E-state index in [0.717, 1.165) is 25.0 Å². The minimum atomic E-state index is -0.225. The Morgan fingerprint density at radius 1 is 1.19 bits per heavy atom. The highest BCUT2D eigenvalue weighted by molar-refractivity contribution is 6.05. The highest BCUT2D eigenvalue weighted by Gasteiger charge is 2.11. The average molecular weight is 351 g/mol. The van der Waals surface area contributed by atoms with Crippen molar-refractivity contribution in [1.82, 2.24) is 19.7 Å². The number of unbranched alkanes of at least 4 members (excludes halogenated alkanes) is 2. The lowest BCUT2D eigenvalue weighted by molar-refractivity contribution is 0.102. The van der Waals surface area contributed by atoms with E-state index in [1.165, 1.54) is 17.3 Å². The summed E-state index contributed by atoms with van der Waals surface area (Å²) in [6.07, 6.45) is 7.93. The first-order valence-electron chi connectivity index (χ1n) is 8.62. The Labute approximate surface area is 152 Å². The second-order valence-electron chi connectivity index (χ2n) is 5.75. The van der Waals surface area contributed by atoms with E-state index in [9.17, 15) is 4.79 Å². The smallest absolute Gasteiger partial charge is 0.255 e. The van der Waals surface area contributed by atoms with Gasteiger partial charge in [0.15, 0.2) is 5.82 Å². The number of hydrogen-bond acceptors (Lipinski definition) is 5. The number of rotatable bonds is 8. The topological polar surface area (TPSA) is 81.9 Å². The molecule has 0 saturated heterocycles. The number of nitrogens with one attached hydrogen (secondary N) is 1. The number of anilines is 1. The monoisotopic (exact) mass is 351 g/mol. The van der Waals surface area contributed by atoms with Crippen molar-refractivity contribution >= 4 is 11.6 Å². The number of hydrogen-bond donors (Lipinski definition) is 1. The van der Waals surface area contributed by atoms with E-state index in [1.807, 2.05) is 12.1 Å². The third-order valence-corrected chi connectivity index (χ3v) is 3.80. The zero-order valence-corrected chi connectivity index (χ0v) is 14.6. The Kier molecular flexibility index (Phi) is 5.92. The van der Waals surface area contributed by atoms with Gasteiger partial charge in [-0.25, -0.2) is 14.6 Å². The van der Waals surface area contributed by atoms with Crippen molar-refractivity contribution in [3.63, 3.8) is 0 Å². The summed E-state index contributed by atoms with van der Waals surface area (Å²) in [6, 6.07) is 10.6. The summed E-state index contributed by atoms with van der Waals surface area (Å²) in [5, 5.41) is 6.92. The van der Waals surface area contributed by atoms with Crippen LogP contribution in [0.2, 0.25) is 0 Å². The molecule has 1 aromatic carbocycles. The van der Waals surface area contributed by atoms with Crippen LogP contribution in [0.3, 0.4) is 0 Å². The van der Waals surface area contributed by atoms with Crippen LogP contribution >= 0.6 is 0 Å². The minimum absolute atomic E-state index is 0.225. The summed E-state index contributed by atoms with van der Waals surface area (Å²) >= 11 is 0. The fraction of sp³-hybridized carbons (Fsp3) is 0.263. The number of amides is 1. The Balaban J connectivity index is 1.66. The average Bonchev–Trinajstić information content (AvgIpc) is 3.21. The van der Waals surface area contributed by atoms with Crippen LogP contribution in [0.5, 0.6) is 5.75 Å².